The summed E-state index contributed by atoms with van der Waals surface area (Å²) in [5.41, 5.74) is 7.69. The van der Waals surface area contributed by atoms with Crippen LogP contribution in [0.4, 0.5) is 0 Å². The fraction of sp³-hybridized carbons (Fsp3) is 0.588. The van der Waals surface area contributed by atoms with E-state index in [4.69, 9.17) is 5.73 Å². The summed E-state index contributed by atoms with van der Waals surface area (Å²) in [6.07, 6.45) is 9.37. The van der Waals surface area contributed by atoms with Gasteiger partial charge < -0.3 is 10.6 Å². The first kappa shape index (κ1) is 15.8. The van der Waals surface area contributed by atoms with Crippen LogP contribution in [0, 0.1) is 0 Å². The number of primary amides is 1. The summed E-state index contributed by atoms with van der Waals surface area (Å²) in [5, 5.41) is 6.84. The van der Waals surface area contributed by atoms with E-state index in [0.717, 1.165) is 37.9 Å². The Morgan fingerprint density at radius 2 is 2.22 bits per heavy atom. The van der Waals surface area contributed by atoms with Gasteiger partial charge in [-0.1, -0.05) is 11.6 Å². The molecule has 1 atom stereocenters. The minimum atomic E-state index is -0.527. The van der Waals surface area contributed by atoms with E-state index in [-0.39, 0.29) is 17.5 Å². The molecule has 6 heteroatoms. The molecule has 23 heavy (non-hydrogen) atoms. The van der Waals surface area contributed by atoms with E-state index in [1.807, 2.05) is 4.90 Å². The summed E-state index contributed by atoms with van der Waals surface area (Å²) >= 11 is 0. The molecule has 0 spiro atoms. The minimum Gasteiger partial charge on any atom is -0.364 e. The molecule has 6 nitrogen and oxygen atoms in total. The molecule has 1 aliphatic heterocycles. The van der Waals surface area contributed by atoms with E-state index in [0.29, 0.717) is 13.0 Å². The molecule has 1 fully saturated rings. The third kappa shape index (κ3) is 3.81. The lowest BCUT2D eigenvalue weighted by Crippen LogP contribution is -2.39. The van der Waals surface area contributed by atoms with Gasteiger partial charge in [0, 0.05) is 31.1 Å². The van der Waals surface area contributed by atoms with Gasteiger partial charge in [-0.25, -0.2) is 0 Å². The Balaban J connectivity index is 1.61. The minimum absolute atomic E-state index is 0.202. The Bertz CT molecular complexity index is 620. The quantitative estimate of drug-likeness (QED) is 0.833. The molecule has 0 bridgehead atoms. The van der Waals surface area contributed by atoms with Crippen LogP contribution in [0.15, 0.2) is 17.7 Å². The highest BCUT2D eigenvalue weighted by molar-refractivity contribution is 5.90. The number of amides is 2. The summed E-state index contributed by atoms with van der Waals surface area (Å²) in [7, 11) is 0. The first-order valence-electron chi connectivity index (χ1n) is 8.44. The van der Waals surface area contributed by atoms with Gasteiger partial charge in [0.2, 0.25) is 5.91 Å². The number of hydrogen-bond donors (Lipinski definition) is 2. The van der Waals surface area contributed by atoms with Gasteiger partial charge in [-0.15, -0.1) is 0 Å². The maximum atomic E-state index is 12.5. The number of nitrogens with one attached hydrogen (secondary N) is 1. The topological polar surface area (TPSA) is 92.1 Å². The standard InChI is InChI=1S/C17H24N4O2/c18-17(23)15-10-14(19-20-15)13-7-4-8-21(11-13)16(22)9-12-5-2-1-3-6-12/h5,10,13H,1-4,6-9,11H2,(H2,18,23)(H,19,20)/t13-/m1/s1. The Morgan fingerprint density at radius 3 is 2.91 bits per heavy atom. The van der Waals surface area contributed by atoms with Gasteiger partial charge in [0.15, 0.2) is 0 Å². The number of hydrogen-bond acceptors (Lipinski definition) is 3. The Kier molecular flexibility index (Phi) is 4.79. The van der Waals surface area contributed by atoms with Crippen LogP contribution < -0.4 is 5.73 Å². The van der Waals surface area contributed by atoms with Crippen LogP contribution in [0.3, 0.4) is 0 Å². The van der Waals surface area contributed by atoms with Crippen molar-refractivity contribution in [3.8, 4) is 0 Å². The predicted octanol–water partition coefficient (Wildman–Crippen LogP) is 2.11. The summed E-state index contributed by atoms with van der Waals surface area (Å²) < 4.78 is 0. The van der Waals surface area contributed by atoms with Crippen molar-refractivity contribution >= 4 is 11.8 Å². The number of allylic oxidation sites excluding steroid dienone is 1. The molecule has 1 aromatic rings. The molecule has 1 saturated heterocycles. The van der Waals surface area contributed by atoms with Gasteiger partial charge in [0.05, 0.1) is 0 Å². The normalized spacial score (nSPS) is 21.8. The number of nitrogens with zero attached hydrogens (tertiary/aromatic N) is 2. The van der Waals surface area contributed by atoms with Gasteiger partial charge in [-0.2, -0.15) is 5.10 Å². The van der Waals surface area contributed by atoms with Crippen molar-refractivity contribution in [2.24, 2.45) is 5.73 Å². The van der Waals surface area contributed by atoms with Crippen molar-refractivity contribution in [2.45, 2.75) is 50.9 Å². The zero-order valence-electron chi connectivity index (χ0n) is 13.4. The maximum Gasteiger partial charge on any atom is 0.269 e. The molecule has 1 aliphatic carbocycles. The van der Waals surface area contributed by atoms with E-state index in [1.54, 1.807) is 6.07 Å². The van der Waals surface area contributed by atoms with Crippen LogP contribution in [-0.4, -0.2) is 40.0 Å². The number of likely N-dealkylation sites (tertiary alicyclic amines) is 1. The second-order valence-electron chi connectivity index (χ2n) is 6.54. The van der Waals surface area contributed by atoms with Gasteiger partial charge in [-0.3, -0.25) is 14.7 Å². The SMILES string of the molecule is NC(=O)c1cc([C@@H]2CCCN(C(=O)CC3=CCCCC3)C2)[nH]n1. The maximum absolute atomic E-state index is 12.5. The number of carbonyl (C=O) groups is 2. The summed E-state index contributed by atoms with van der Waals surface area (Å²) in [6.45, 7) is 1.51. The Labute approximate surface area is 136 Å². The molecule has 0 saturated carbocycles. The molecule has 124 valence electrons. The summed E-state index contributed by atoms with van der Waals surface area (Å²) in [5.74, 6) is -0.105. The number of piperidine rings is 1. The van der Waals surface area contributed by atoms with E-state index in [9.17, 15) is 9.59 Å². The molecule has 3 rings (SSSR count). The average Bonchev–Trinajstić information content (AvgIpc) is 3.06. The summed E-state index contributed by atoms with van der Waals surface area (Å²) in [4.78, 5) is 25.7. The number of H-pyrrole nitrogens is 1. The highest BCUT2D eigenvalue weighted by Crippen LogP contribution is 2.28. The second kappa shape index (κ2) is 6.98. The van der Waals surface area contributed by atoms with Gasteiger partial charge in [0.25, 0.3) is 5.91 Å². The third-order valence-corrected chi connectivity index (χ3v) is 4.83. The van der Waals surface area contributed by atoms with Crippen LogP contribution in [0.25, 0.3) is 0 Å². The van der Waals surface area contributed by atoms with Gasteiger partial charge in [0.1, 0.15) is 5.69 Å². The Morgan fingerprint density at radius 1 is 1.35 bits per heavy atom. The Hall–Kier alpha value is -2.11. The molecule has 2 aliphatic rings. The van der Waals surface area contributed by atoms with Crippen molar-refractivity contribution in [3.63, 3.8) is 0 Å². The van der Waals surface area contributed by atoms with E-state index in [1.165, 1.54) is 18.4 Å². The van der Waals surface area contributed by atoms with Crippen LogP contribution in [0.5, 0.6) is 0 Å². The van der Waals surface area contributed by atoms with Crippen LogP contribution in [-0.2, 0) is 4.79 Å². The van der Waals surface area contributed by atoms with Crippen molar-refractivity contribution in [1.82, 2.24) is 15.1 Å². The smallest absolute Gasteiger partial charge is 0.269 e. The van der Waals surface area contributed by atoms with Crippen molar-refractivity contribution in [1.29, 1.82) is 0 Å². The van der Waals surface area contributed by atoms with Crippen LogP contribution >= 0.6 is 0 Å². The highest BCUT2D eigenvalue weighted by atomic mass is 16.2. The molecule has 0 aromatic carbocycles. The van der Waals surface area contributed by atoms with Crippen LogP contribution in [0.1, 0.15) is 67.0 Å². The number of nitrogens with two attached hydrogens (primary N) is 1. The molecule has 2 heterocycles. The van der Waals surface area contributed by atoms with Crippen molar-refractivity contribution in [2.75, 3.05) is 13.1 Å². The van der Waals surface area contributed by atoms with E-state index >= 15 is 0 Å². The van der Waals surface area contributed by atoms with Crippen molar-refractivity contribution in [3.05, 3.63) is 29.1 Å². The monoisotopic (exact) mass is 316 g/mol. The average molecular weight is 316 g/mol. The molecular weight excluding hydrogens is 292 g/mol. The lowest BCUT2D eigenvalue weighted by atomic mass is 9.93. The molecule has 0 unspecified atom stereocenters. The number of aromatic amines is 1. The molecule has 3 N–H and O–H groups in total. The highest BCUT2D eigenvalue weighted by Gasteiger charge is 2.26. The predicted molar refractivity (Wildman–Crippen MR) is 86.8 cm³/mol. The number of rotatable bonds is 4. The third-order valence-electron chi connectivity index (χ3n) is 4.83. The van der Waals surface area contributed by atoms with E-state index in [2.05, 4.69) is 16.3 Å². The van der Waals surface area contributed by atoms with Gasteiger partial charge in [-0.05, 0) is 44.6 Å². The first-order valence-corrected chi connectivity index (χ1v) is 8.44. The summed E-state index contributed by atoms with van der Waals surface area (Å²) in [6, 6.07) is 1.71. The van der Waals surface area contributed by atoms with Crippen molar-refractivity contribution < 1.29 is 9.59 Å². The van der Waals surface area contributed by atoms with Crippen LogP contribution in [0.2, 0.25) is 0 Å². The zero-order chi connectivity index (χ0) is 16.2. The number of carbonyl (C=O) groups excluding carboxylic acids is 2. The lowest BCUT2D eigenvalue weighted by molar-refractivity contribution is -0.131. The molecular formula is C17H24N4O2. The molecule has 2 amide bonds. The lowest BCUT2D eigenvalue weighted by Gasteiger charge is -2.32. The second-order valence-corrected chi connectivity index (χ2v) is 6.54. The zero-order valence-corrected chi connectivity index (χ0v) is 13.4. The fourth-order valence-electron chi connectivity index (χ4n) is 3.50. The van der Waals surface area contributed by atoms with Gasteiger partial charge >= 0.3 is 0 Å². The largest absolute Gasteiger partial charge is 0.364 e. The fourth-order valence-corrected chi connectivity index (χ4v) is 3.50. The molecule has 0 radical (unpaired) electrons. The first-order chi connectivity index (χ1) is 11.1. The number of aromatic nitrogens is 2. The molecule has 1 aromatic heterocycles. The van der Waals surface area contributed by atoms with E-state index < -0.39 is 5.91 Å².